The van der Waals surface area contributed by atoms with E-state index in [2.05, 4.69) is 10.6 Å². The van der Waals surface area contributed by atoms with Gasteiger partial charge in [-0.05, 0) is 24.3 Å². The molecule has 1 heterocycles. The summed E-state index contributed by atoms with van der Waals surface area (Å²) in [5.74, 6) is -2.58. The van der Waals surface area contributed by atoms with Gasteiger partial charge in [0.2, 0.25) is 0 Å². The summed E-state index contributed by atoms with van der Waals surface area (Å²) in [5, 5.41) is 23.7. The summed E-state index contributed by atoms with van der Waals surface area (Å²) in [5.41, 5.74) is 0. The van der Waals surface area contributed by atoms with Crippen molar-refractivity contribution in [3.8, 4) is 11.5 Å². The zero-order chi connectivity index (χ0) is 21.1. The molecule has 1 saturated heterocycles. The largest absolute Gasteiger partial charge is 0.508 e. The van der Waals surface area contributed by atoms with Gasteiger partial charge >= 0.3 is 18.0 Å². The summed E-state index contributed by atoms with van der Waals surface area (Å²) in [6, 6.07) is 5.74. The van der Waals surface area contributed by atoms with Crippen LogP contribution in [0.2, 0.25) is 0 Å². The van der Waals surface area contributed by atoms with Crippen molar-refractivity contribution in [1.82, 2.24) is 15.5 Å². The van der Waals surface area contributed by atoms with Crippen molar-refractivity contribution < 1.29 is 38.8 Å². The van der Waals surface area contributed by atoms with Crippen LogP contribution in [0.25, 0.3) is 0 Å². The number of carboxylic acids is 1. The average Bonchev–Trinajstić information content (AvgIpc) is 2.73. The van der Waals surface area contributed by atoms with Gasteiger partial charge < -0.3 is 40.0 Å². The molecule has 0 saturated carbocycles. The fraction of sp³-hybridized carbons (Fsp3) is 0.500. The predicted octanol–water partition coefficient (Wildman–Crippen LogP) is -0.601. The van der Waals surface area contributed by atoms with Gasteiger partial charge in [-0.3, -0.25) is 0 Å². The SMILES string of the molecule is O=C(O)C(=O)O[C@@H](CNCCNC(=O)N1CCOCC1)COc1ccc(O)cc1. The van der Waals surface area contributed by atoms with Gasteiger partial charge in [0.15, 0.2) is 0 Å². The number of rotatable bonds is 9. The number of carboxylic acid groups (broad SMARTS) is 1. The summed E-state index contributed by atoms with van der Waals surface area (Å²) in [6.45, 7) is 2.89. The fourth-order valence-corrected chi connectivity index (χ4v) is 2.47. The van der Waals surface area contributed by atoms with E-state index < -0.39 is 18.0 Å². The van der Waals surface area contributed by atoms with Gasteiger partial charge in [-0.25, -0.2) is 14.4 Å². The Morgan fingerprint density at radius 2 is 1.83 bits per heavy atom. The number of aromatic hydroxyl groups is 1. The number of benzene rings is 1. The number of amides is 2. The second kappa shape index (κ2) is 11.7. The van der Waals surface area contributed by atoms with E-state index >= 15 is 0 Å². The molecule has 1 atom stereocenters. The van der Waals surface area contributed by atoms with Gasteiger partial charge in [0.1, 0.15) is 24.2 Å². The second-order valence-corrected chi connectivity index (χ2v) is 6.17. The number of carbonyl (C=O) groups excluding carboxylic acids is 2. The number of urea groups is 1. The van der Waals surface area contributed by atoms with Crippen molar-refractivity contribution >= 4 is 18.0 Å². The molecule has 0 aliphatic carbocycles. The topological polar surface area (TPSA) is 147 Å². The zero-order valence-corrected chi connectivity index (χ0v) is 15.8. The van der Waals surface area contributed by atoms with Crippen molar-refractivity contribution in [3.63, 3.8) is 0 Å². The third-order valence-electron chi connectivity index (χ3n) is 3.97. The number of phenolic OH excluding ortho intramolecular Hbond substituents is 1. The van der Waals surface area contributed by atoms with Gasteiger partial charge in [0.05, 0.1) is 13.2 Å². The van der Waals surface area contributed by atoms with E-state index in [1.807, 2.05) is 0 Å². The van der Waals surface area contributed by atoms with Crippen LogP contribution in [0.15, 0.2) is 24.3 Å². The van der Waals surface area contributed by atoms with E-state index in [9.17, 15) is 19.5 Å². The number of ether oxygens (including phenoxy) is 3. The molecule has 11 heteroatoms. The Hall–Kier alpha value is -3.05. The monoisotopic (exact) mass is 411 g/mol. The number of nitrogens with zero attached hydrogens (tertiary/aromatic N) is 1. The molecule has 29 heavy (non-hydrogen) atoms. The first-order chi connectivity index (χ1) is 14.0. The molecular formula is C18H25N3O8. The number of hydrogen-bond donors (Lipinski definition) is 4. The molecule has 1 aliphatic heterocycles. The Balaban J connectivity index is 1.72. The van der Waals surface area contributed by atoms with Crippen molar-refractivity contribution in [3.05, 3.63) is 24.3 Å². The van der Waals surface area contributed by atoms with Crippen molar-refractivity contribution in [2.45, 2.75) is 6.10 Å². The predicted molar refractivity (Wildman–Crippen MR) is 99.8 cm³/mol. The second-order valence-electron chi connectivity index (χ2n) is 6.17. The molecule has 4 N–H and O–H groups in total. The van der Waals surface area contributed by atoms with Crippen LogP contribution in [0, 0.1) is 0 Å². The van der Waals surface area contributed by atoms with Crippen molar-refractivity contribution in [2.75, 3.05) is 52.5 Å². The maximum atomic E-state index is 12.0. The van der Waals surface area contributed by atoms with E-state index in [0.29, 0.717) is 45.1 Å². The number of aliphatic carboxylic acids is 1. The molecule has 160 valence electrons. The lowest BCUT2D eigenvalue weighted by Crippen LogP contribution is -2.48. The molecule has 0 spiro atoms. The Bertz CT molecular complexity index is 676. The number of nitrogens with one attached hydrogen (secondary N) is 2. The van der Waals surface area contributed by atoms with Gasteiger partial charge in [0.25, 0.3) is 0 Å². The lowest BCUT2D eigenvalue weighted by atomic mass is 10.3. The van der Waals surface area contributed by atoms with Crippen molar-refractivity contribution in [1.29, 1.82) is 0 Å². The van der Waals surface area contributed by atoms with Crippen LogP contribution >= 0.6 is 0 Å². The Labute approximate surface area is 167 Å². The van der Waals surface area contributed by atoms with Gasteiger partial charge in [-0.15, -0.1) is 0 Å². The minimum absolute atomic E-state index is 0.0759. The standard InChI is InChI=1S/C18H25N3O8/c22-13-1-3-14(4-2-13)28-12-15(29-17(25)16(23)24)11-19-5-6-20-18(26)21-7-9-27-10-8-21/h1-4,15,19,22H,5-12H2,(H,20,26)(H,23,24)/t15-/m0/s1. The quantitative estimate of drug-likeness (QED) is 0.238. The van der Waals surface area contributed by atoms with E-state index in [1.165, 1.54) is 24.3 Å². The molecule has 0 bridgehead atoms. The first kappa shape index (κ1) is 22.2. The molecule has 2 amide bonds. The Morgan fingerprint density at radius 3 is 2.48 bits per heavy atom. The highest BCUT2D eigenvalue weighted by atomic mass is 16.6. The normalized spacial score (nSPS) is 14.7. The zero-order valence-electron chi connectivity index (χ0n) is 15.8. The van der Waals surface area contributed by atoms with Crippen molar-refractivity contribution in [2.24, 2.45) is 0 Å². The molecule has 1 aromatic carbocycles. The summed E-state index contributed by atoms with van der Waals surface area (Å²) >= 11 is 0. The smallest absolute Gasteiger partial charge is 0.417 e. The Kier molecular flexibility index (Phi) is 8.99. The molecular weight excluding hydrogens is 386 g/mol. The third-order valence-corrected chi connectivity index (χ3v) is 3.97. The van der Waals surface area contributed by atoms with Gasteiger partial charge in [-0.1, -0.05) is 0 Å². The highest BCUT2D eigenvalue weighted by molar-refractivity contribution is 6.28. The first-order valence-corrected chi connectivity index (χ1v) is 9.12. The van der Waals surface area contributed by atoms with Crippen LogP contribution in [-0.4, -0.2) is 91.7 Å². The number of carbonyl (C=O) groups is 3. The first-order valence-electron chi connectivity index (χ1n) is 9.12. The lowest BCUT2D eigenvalue weighted by Gasteiger charge is -2.27. The highest BCUT2D eigenvalue weighted by Crippen LogP contribution is 2.16. The molecule has 11 nitrogen and oxygen atoms in total. The lowest BCUT2D eigenvalue weighted by molar-refractivity contribution is -0.168. The highest BCUT2D eigenvalue weighted by Gasteiger charge is 2.21. The number of hydrogen-bond acceptors (Lipinski definition) is 8. The van der Waals surface area contributed by atoms with E-state index in [4.69, 9.17) is 19.3 Å². The van der Waals surface area contributed by atoms with Crippen LogP contribution in [0.4, 0.5) is 4.79 Å². The summed E-state index contributed by atoms with van der Waals surface area (Å²) in [6.07, 6.45) is -0.859. The van der Waals surface area contributed by atoms with Gasteiger partial charge in [0, 0.05) is 32.7 Å². The summed E-state index contributed by atoms with van der Waals surface area (Å²) in [7, 11) is 0. The molecule has 1 aliphatic rings. The van der Waals surface area contributed by atoms with E-state index in [0.717, 1.165) is 0 Å². The third kappa shape index (κ3) is 8.23. The van der Waals surface area contributed by atoms with Crippen LogP contribution in [0.3, 0.4) is 0 Å². The number of phenols is 1. The van der Waals surface area contributed by atoms with Crippen LogP contribution < -0.4 is 15.4 Å². The maximum Gasteiger partial charge on any atom is 0.417 e. The van der Waals surface area contributed by atoms with E-state index in [1.54, 1.807) is 4.90 Å². The minimum atomic E-state index is -1.70. The van der Waals surface area contributed by atoms with E-state index in [-0.39, 0.29) is 24.9 Å². The molecule has 1 aromatic rings. The molecule has 1 fully saturated rings. The van der Waals surface area contributed by atoms with Gasteiger partial charge in [-0.2, -0.15) is 0 Å². The Morgan fingerprint density at radius 1 is 1.14 bits per heavy atom. The molecule has 0 aromatic heterocycles. The molecule has 0 unspecified atom stereocenters. The summed E-state index contributed by atoms with van der Waals surface area (Å²) in [4.78, 5) is 35.7. The fourth-order valence-electron chi connectivity index (χ4n) is 2.47. The molecule has 2 rings (SSSR count). The van der Waals surface area contributed by atoms with Crippen LogP contribution in [0.1, 0.15) is 0 Å². The average molecular weight is 411 g/mol. The maximum absolute atomic E-state index is 12.0. The minimum Gasteiger partial charge on any atom is -0.508 e. The van der Waals surface area contributed by atoms with Crippen LogP contribution in [-0.2, 0) is 19.1 Å². The number of esters is 1. The summed E-state index contributed by atoms with van der Waals surface area (Å²) < 4.78 is 15.6. The number of morpholine rings is 1. The van der Waals surface area contributed by atoms with Crippen LogP contribution in [0.5, 0.6) is 11.5 Å². The molecule has 0 radical (unpaired) electrons.